The highest BCUT2D eigenvalue weighted by Gasteiger charge is 2.22. The van der Waals surface area contributed by atoms with Crippen LogP contribution in [0.5, 0.6) is 11.5 Å². The second kappa shape index (κ2) is 9.84. The van der Waals surface area contributed by atoms with Crippen LogP contribution < -0.4 is 14.8 Å². The van der Waals surface area contributed by atoms with E-state index in [-0.39, 0.29) is 0 Å². The van der Waals surface area contributed by atoms with E-state index in [0.29, 0.717) is 6.61 Å². The molecule has 0 unspecified atom stereocenters. The summed E-state index contributed by atoms with van der Waals surface area (Å²) in [7, 11) is 1.70. The molecule has 5 rings (SSSR count). The van der Waals surface area contributed by atoms with Crippen LogP contribution in [0.3, 0.4) is 0 Å². The highest BCUT2D eigenvalue weighted by Crippen LogP contribution is 2.41. The minimum absolute atomic E-state index is 0.667. The number of hydrogen-bond donors (Lipinski definition) is 1. The van der Waals surface area contributed by atoms with E-state index in [4.69, 9.17) is 9.47 Å². The number of allylic oxidation sites excluding steroid dienone is 1. The minimum Gasteiger partial charge on any atom is -0.497 e. The Balaban J connectivity index is 1.48. The second-order valence-corrected chi connectivity index (χ2v) is 9.20. The van der Waals surface area contributed by atoms with Crippen molar-refractivity contribution in [1.82, 2.24) is 5.32 Å². The van der Waals surface area contributed by atoms with Crippen LogP contribution in [0.2, 0.25) is 0 Å². The molecule has 1 fully saturated rings. The van der Waals surface area contributed by atoms with Gasteiger partial charge >= 0.3 is 0 Å². The molecule has 2 aliphatic rings. The predicted molar refractivity (Wildman–Crippen MR) is 136 cm³/mol. The Morgan fingerprint density at radius 3 is 2.48 bits per heavy atom. The lowest BCUT2D eigenvalue weighted by molar-refractivity contribution is 0.325. The maximum atomic E-state index is 6.21. The third-order valence-corrected chi connectivity index (χ3v) is 6.79. The number of methoxy groups -OCH3 is 1. The smallest absolute Gasteiger partial charge is 0.130 e. The number of benzene rings is 3. The first-order chi connectivity index (χ1) is 16.2. The molecule has 0 atom stereocenters. The highest BCUT2D eigenvalue weighted by atomic mass is 16.5. The Hall–Kier alpha value is -3.04. The summed E-state index contributed by atoms with van der Waals surface area (Å²) in [5.74, 6) is 1.74. The van der Waals surface area contributed by atoms with E-state index in [1.807, 2.05) is 12.1 Å². The Labute approximate surface area is 197 Å². The van der Waals surface area contributed by atoms with Gasteiger partial charge in [0.1, 0.15) is 11.5 Å². The number of hydrogen-bond acceptors (Lipinski definition) is 3. The zero-order valence-corrected chi connectivity index (χ0v) is 19.7. The molecule has 0 spiro atoms. The van der Waals surface area contributed by atoms with Crippen molar-refractivity contribution in [1.29, 1.82) is 0 Å². The third-order valence-electron chi connectivity index (χ3n) is 6.79. The van der Waals surface area contributed by atoms with Crippen LogP contribution in [0.1, 0.15) is 47.1 Å². The lowest BCUT2D eigenvalue weighted by atomic mass is 9.87. The summed E-state index contributed by atoms with van der Waals surface area (Å²) >= 11 is 0. The van der Waals surface area contributed by atoms with Crippen molar-refractivity contribution in [3.8, 4) is 11.5 Å². The molecule has 1 aliphatic heterocycles. The Kier molecular flexibility index (Phi) is 6.50. The summed E-state index contributed by atoms with van der Waals surface area (Å²) in [5, 5.41) is 3.61. The van der Waals surface area contributed by atoms with Gasteiger partial charge in [-0.2, -0.15) is 0 Å². The van der Waals surface area contributed by atoms with Crippen molar-refractivity contribution in [2.24, 2.45) is 0 Å². The van der Waals surface area contributed by atoms with Gasteiger partial charge in [0, 0.05) is 24.1 Å². The number of aryl methyl sites for hydroxylation is 1. The lowest BCUT2D eigenvalue weighted by Crippen LogP contribution is -2.19. The quantitative estimate of drug-likeness (QED) is 0.451. The molecule has 0 saturated heterocycles. The molecule has 3 nitrogen and oxygen atoms in total. The van der Waals surface area contributed by atoms with E-state index in [1.165, 1.54) is 51.8 Å². The normalized spacial score (nSPS) is 15.6. The summed E-state index contributed by atoms with van der Waals surface area (Å²) in [6, 6.07) is 24.9. The molecule has 1 aliphatic carbocycles. The fourth-order valence-corrected chi connectivity index (χ4v) is 4.72. The number of ether oxygens (including phenoxy) is 2. The molecule has 1 saturated carbocycles. The van der Waals surface area contributed by atoms with Gasteiger partial charge in [-0.1, -0.05) is 48.5 Å². The first kappa shape index (κ1) is 21.8. The monoisotopic (exact) mass is 439 g/mol. The van der Waals surface area contributed by atoms with Crippen LogP contribution in [-0.4, -0.2) is 26.3 Å². The van der Waals surface area contributed by atoms with Crippen LogP contribution in [0.4, 0.5) is 0 Å². The third kappa shape index (κ3) is 5.15. The van der Waals surface area contributed by atoms with Crippen molar-refractivity contribution in [3.05, 3.63) is 94.5 Å². The van der Waals surface area contributed by atoms with E-state index >= 15 is 0 Å². The number of fused-ring (bicyclic) bond motifs is 1. The molecular weight excluding hydrogens is 406 g/mol. The summed E-state index contributed by atoms with van der Waals surface area (Å²) in [5.41, 5.74) is 9.26. The molecular formula is C30H33NO2. The molecule has 0 amide bonds. The molecule has 3 aromatic carbocycles. The van der Waals surface area contributed by atoms with Crippen molar-refractivity contribution < 1.29 is 9.47 Å². The Morgan fingerprint density at radius 1 is 0.939 bits per heavy atom. The average molecular weight is 440 g/mol. The topological polar surface area (TPSA) is 30.5 Å². The van der Waals surface area contributed by atoms with Gasteiger partial charge < -0.3 is 14.8 Å². The summed E-state index contributed by atoms with van der Waals surface area (Å²) in [6.07, 6.45) is 5.54. The van der Waals surface area contributed by atoms with Crippen molar-refractivity contribution in [2.75, 3.05) is 20.3 Å². The minimum atomic E-state index is 0.667. The van der Waals surface area contributed by atoms with Gasteiger partial charge in [-0.15, -0.1) is 0 Å². The average Bonchev–Trinajstić information content (AvgIpc) is 3.68. The van der Waals surface area contributed by atoms with Gasteiger partial charge in [0.25, 0.3) is 0 Å². The number of rotatable bonds is 8. The van der Waals surface area contributed by atoms with Crippen LogP contribution in [-0.2, 0) is 12.8 Å². The summed E-state index contributed by atoms with van der Waals surface area (Å²) in [4.78, 5) is 0. The first-order valence-corrected chi connectivity index (χ1v) is 12.1. The molecule has 0 bridgehead atoms. The van der Waals surface area contributed by atoms with Crippen LogP contribution in [0, 0.1) is 6.92 Å². The Bertz CT molecular complexity index is 1140. The zero-order chi connectivity index (χ0) is 22.6. The largest absolute Gasteiger partial charge is 0.497 e. The molecule has 170 valence electrons. The van der Waals surface area contributed by atoms with E-state index in [0.717, 1.165) is 43.3 Å². The molecule has 0 aromatic heterocycles. The van der Waals surface area contributed by atoms with E-state index in [1.54, 1.807) is 7.11 Å². The second-order valence-electron chi connectivity index (χ2n) is 9.20. The molecule has 3 aromatic rings. The van der Waals surface area contributed by atoms with E-state index < -0.39 is 0 Å². The molecule has 33 heavy (non-hydrogen) atoms. The highest BCUT2D eigenvalue weighted by molar-refractivity contribution is 5.94. The van der Waals surface area contributed by atoms with Gasteiger partial charge in [-0.3, -0.25) is 0 Å². The van der Waals surface area contributed by atoms with Gasteiger partial charge in [0.2, 0.25) is 0 Å². The fraction of sp³-hybridized carbons (Fsp3) is 0.333. The fourth-order valence-electron chi connectivity index (χ4n) is 4.72. The lowest BCUT2D eigenvalue weighted by Gasteiger charge is -2.17. The summed E-state index contributed by atoms with van der Waals surface area (Å²) < 4.78 is 11.7. The van der Waals surface area contributed by atoms with Gasteiger partial charge in [-0.05, 0) is 84.7 Å². The molecule has 1 heterocycles. The van der Waals surface area contributed by atoms with Crippen LogP contribution in [0.15, 0.2) is 66.7 Å². The van der Waals surface area contributed by atoms with Crippen LogP contribution in [0.25, 0.3) is 11.1 Å². The van der Waals surface area contributed by atoms with Gasteiger partial charge in [0.15, 0.2) is 0 Å². The molecule has 3 heteroatoms. The zero-order valence-electron chi connectivity index (χ0n) is 19.7. The van der Waals surface area contributed by atoms with Gasteiger partial charge in [-0.25, -0.2) is 0 Å². The maximum absolute atomic E-state index is 6.21. The van der Waals surface area contributed by atoms with Crippen molar-refractivity contribution in [3.63, 3.8) is 0 Å². The first-order valence-electron chi connectivity index (χ1n) is 12.1. The molecule has 1 N–H and O–H groups in total. The number of nitrogens with one attached hydrogen (secondary N) is 1. The standard InChI is InChI=1S/C30H33NO2/c1-21-5-3-4-6-26(21)27-16-18-33-30-20-25(32-2)13-14-28(30)29(27)19-23-9-7-22(8-10-23)15-17-31-24-11-12-24/h3-10,13-14,20,24,31H,11-12,15-19H2,1-2H3. The maximum Gasteiger partial charge on any atom is 0.130 e. The molecule has 0 radical (unpaired) electrons. The van der Waals surface area contributed by atoms with E-state index in [9.17, 15) is 0 Å². The van der Waals surface area contributed by atoms with Gasteiger partial charge in [0.05, 0.1) is 13.7 Å². The predicted octanol–water partition coefficient (Wildman–Crippen LogP) is 6.23. The van der Waals surface area contributed by atoms with Crippen molar-refractivity contribution in [2.45, 2.75) is 45.1 Å². The van der Waals surface area contributed by atoms with Crippen LogP contribution >= 0.6 is 0 Å². The summed E-state index contributed by atoms with van der Waals surface area (Å²) in [6.45, 7) is 3.94. The SMILES string of the molecule is COc1ccc2c(c1)OCCC(c1ccccc1C)=C2Cc1ccc(CCNC2CC2)cc1. The van der Waals surface area contributed by atoms with Crippen molar-refractivity contribution >= 4 is 11.1 Å². The van der Waals surface area contributed by atoms with E-state index in [2.05, 4.69) is 66.8 Å². The Morgan fingerprint density at radius 2 is 1.73 bits per heavy atom.